The van der Waals surface area contributed by atoms with Gasteiger partial charge in [0.05, 0.1) is 17.3 Å². The second kappa shape index (κ2) is 11.0. The van der Waals surface area contributed by atoms with Crippen molar-refractivity contribution >= 4 is 40.7 Å². The van der Waals surface area contributed by atoms with Crippen LogP contribution in [0.2, 0.25) is 15.1 Å². The van der Waals surface area contributed by atoms with Gasteiger partial charge in [-0.3, -0.25) is 4.79 Å². The number of amides is 1. The number of carbonyl (C=O) groups is 1. The molecular formula is C28H19Cl3N4O2. The van der Waals surface area contributed by atoms with Crippen molar-refractivity contribution in [1.29, 1.82) is 0 Å². The molecule has 1 amide bonds. The number of rotatable bonds is 7. The fourth-order valence-electron chi connectivity index (χ4n) is 3.62. The van der Waals surface area contributed by atoms with Gasteiger partial charge in [0.2, 0.25) is 0 Å². The monoisotopic (exact) mass is 548 g/mol. The molecule has 0 unspecified atom stereocenters. The summed E-state index contributed by atoms with van der Waals surface area (Å²) in [6, 6.07) is 28.6. The van der Waals surface area contributed by atoms with E-state index in [9.17, 15) is 4.79 Å². The molecule has 0 bridgehead atoms. The SMILES string of the molecule is O=C(NCc1nc(-c2ccc(Cl)cc2Cl)n(-c2ccc(Cl)cc2)n1)c1cccc(Oc2ccccc2)c1. The van der Waals surface area contributed by atoms with Crippen LogP contribution >= 0.6 is 34.8 Å². The zero-order valence-corrected chi connectivity index (χ0v) is 21.5. The quantitative estimate of drug-likeness (QED) is 0.227. The molecule has 1 heterocycles. The van der Waals surface area contributed by atoms with Crippen LogP contribution in [0.1, 0.15) is 16.2 Å². The van der Waals surface area contributed by atoms with Crippen molar-refractivity contribution in [3.8, 4) is 28.6 Å². The predicted molar refractivity (Wildman–Crippen MR) is 146 cm³/mol. The number of carbonyl (C=O) groups excluding carboxylic acids is 1. The highest BCUT2D eigenvalue weighted by atomic mass is 35.5. The maximum atomic E-state index is 12.9. The molecule has 5 rings (SSSR count). The predicted octanol–water partition coefficient (Wildman–Crippen LogP) is 7.62. The number of aromatic nitrogens is 3. The van der Waals surface area contributed by atoms with Gasteiger partial charge in [0.15, 0.2) is 11.6 Å². The third-order valence-corrected chi connectivity index (χ3v) is 6.18. The highest BCUT2D eigenvalue weighted by Crippen LogP contribution is 2.31. The lowest BCUT2D eigenvalue weighted by Crippen LogP contribution is -2.23. The van der Waals surface area contributed by atoms with Gasteiger partial charge in [-0.1, -0.05) is 59.1 Å². The van der Waals surface area contributed by atoms with E-state index in [-0.39, 0.29) is 12.5 Å². The van der Waals surface area contributed by atoms with Crippen LogP contribution in [-0.2, 0) is 6.54 Å². The molecule has 0 atom stereocenters. The number of hydrogen-bond acceptors (Lipinski definition) is 4. The summed E-state index contributed by atoms with van der Waals surface area (Å²) in [5.41, 5.74) is 1.84. The Kier molecular flexibility index (Phi) is 7.42. The standard InChI is InChI=1S/C28H19Cl3N4O2/c29-19-9-12-21(13-10-19)35-27(24-14-11-20(30)16-25(24)31)33-26(34-35)17-32-28(36)18-5-4-8-23(15-18)37-22-6-2-1-3-7-22/h1-16H,17H2,(H,32,36). The summed E-state index contributed by atoms with van der Waals surface area (Å²) < 4.78 is 7.49. The van der Waals surface area contributed by atoms with Crippen molar-refractivity contribution < 1.29 is 9.53 Å². The molecule has 0 aliphatic carbocycles. The minimum atomic E-state index is -0.285. The first-order valence-corrected chi connectivity index (χ1v) is 12.4. The van der Waals surface area contributed by atoms with E-state index < -0.39 is 0 Å². The Labute approximate surface area is 228 Å². The van der Waals surface area contributed by atoms with Crippen LogP contribution in [-0.4, -0.2) is 20.7 Å². The van der Waals surface area contributed by atoms with E-state index in [0.29, 0.717) is 49.3 Å². The van der Waals surface area contributed by atoms with E-state index in [1.807, 2.05) is 42.5 Å². The summed E-state index contributed by atoms with van der Waals surface area (Å²) in [5.74, 6) is 1.87. The maximum absolute atomic E-state index is 12.9. The van der Waals surface area contributed by atoms with Crippen molar-refractivity contribution in [3.63, 3.8) is 0 Å². The molecule has 0 saturated carbocycles. The van der Waals surface area contributed by atoms with E-state index in [0.717, 1.165) is 5.69 Å². The molecule has 1 aromatic heterocycles. The number of hydrogen-bond donors (Lipinski definition) is 1. The smallest absolute Gasteiger partial charge is 0.251 e. The van der Waals surface area contributed by atoms with Crippen molar-refractivity contribution in [2.75, 3.05) is 0 Å². The Morgan fingerprint density at radius 1 is 0.811 bits per heavy atom. The van der Waals surface area contributed by atoms with Crippen molar-refractivity contribution in [2.45, 2.75) is 6.54 Å². The first-order chi connectivity index (χ1) is 18.0. The minimum Gasteiger partial charge on any atom is -0.457 e. The molecule has 0 saturated heterocycles. The summed E-state index contributed by atoms with van der Waals surface area (Å²) in [6.07, 6.45) is 0. The molecule has 5 aromatic rings. The summed E-state index contributed by atoms with van der Waals surface area (Å²) in [5, 5.41) is 9.04. The van der Waals surface area contributed by atoms with Crippen LogP contribution < -0.4 is 10.1 Å². The van der Waals surface area contributed by atoms with Gasteiger partial charge in [0, 0.05) is 21.2 Å². The van der Waals surface area contributed by atoms with Gasteiger partial charge >= 0.3 is 0 Å². The second-order valence-electron chi connectivity index (χ2n) is 7.99. The molecule has 0 spiro atoms. The zero-order chi connectivity index (χ0) is 25.8. The van der Waals surface area contributed by atoms with Crippen LogP contribution in [0.15, 0.2) is 97.1 Å². The van der Waals surface area contributed by atoms with Gasteiger partial charge in [-0.05, 0) is 72.8 Å². The van der Waals surface area contributed by atoms with Crippen molar-refractivity contribution in [1.82, 2.24) is 20.1 Å². The number of halogens is 3. The highest BCUT2D eigenvalue weighted by molar-refractivity contribution is 6.36. The van der Waals surface area contributed by atoms with Crippen LogP contribution in [0.25, 0.3) is 17.1 Å². The Bertz CT molecular complexity index is 1550. The largest absolute Gasteiger partial charge is 0.457 e. The number of ether oxygens (including phenoxy) is 1. The van der Waals surface area contributed by atoms with Gasteiger partial charge in [-0.2, -0.15) is 0 Å². The number of nitrogens with one attached hydrogen (secondary N) is 1. The number of para-hydroxylation sites is 1. The van der Waals surface area contributed by atoms with Gasteiger partial charge in [-0.15, -0.1) is 5.10 Å². The molecule has 37 heavy (non-hydrogen) atoms. The zero-order valence-electron chi connectivity index (χ0n) is 19.2. The lowest BCUT2D eigenvalue weighted by Gasteiger charge is -2.08. The van der Waals surface area contributed by atoms with Crippen LogP contribution in [0.5, 0.6) is 11.5 Å². The van der Waals surface area contributed by atoms with Crippen LogP contribution in [0.3, 0.4) is 0 Å². The molecular weight excluding hydrogens is 531 g/mol. The normalized spacial score (nSPS) is 10.8. The Hall–Kier alpha value is -3.84. The lowest BCUT2D eigenvalue weighted by atomic mass is 10.2. The summed E-state index contributed by atoms with van der Waals surface area (Å²) in [6.45, 7) is 0.0986. The number of benzene rings is 4. The molecule has 184 valence electrons. The van der Waals surface area contributed by atoms with E-state index in [1.54, 1.807) is 59.3 Å². The van der Waals surface area contributed by atoms with Crippen LogP contribution in [0.4, 0.5) is 0 Å². The van der Waals surface area contributed by atoms with Crippen LogP contribution in [0, 0.1) is 0 Å². The molecule has 9 heteroatoms. The molecule has 4 aromatic carbocycles. The van der Waals surface area contributed by atoms with Gasteiger partial charge in [0.25, 0.3) is 5.91 Å². The van der Waals surface area contributed by atoms with E-state index in [4.69, 9.17) is 39.5 Å². The fraction of sp³-hybridized carbons (Fsp3) is 0.0357. The first-order valence-electron chi connectivity index (χ1n) is 11.2. The second-order valence-corrected chi connectivity index (χ2v) is 9.27. The number of nitrogens with zero attached hydrogens (tertiary/aromatic N) is 3. The topological polar surface area (TPSA) is 69.0 Å². The third-order valence-electron chi connectivity index (χ3n) is 5.38. The Morgan fingerprint density at radius 2 is 1.54 bits per heavy atom. The molecule has 0 aliphatic rings. The summed E-state index contributed by atoms with van der Waals surface area (Å²) >= 11 is 18.6. The average molecular weight is 550 g/mol. The van der Waals surface area contributed by atoms with Gasteiger partial charge < -0.3 is 10.1 Å². The first kappa shape index (κ1) is 24.8. The van der Waals surface area contributed by atoms with Crippen molar-refractivity contribution in [3.05, 3.63) is 124 Å². The summed E-state index contributed by atoms with van der Waals surface area (Å²) in [7, 11) is 0. The molecule has 0 aliphatic heterocycles. The molecule has 0 radical (unpaired) electrons. The Balaban J connectivity index is 1.38. The van der Waals surface area contributed by atoms with E-state index in [2.05, 4.69) is 15.4 Å². The fourth-order valence-corrected chi connectivity index (χ4v) is 4.24. The van der Waals surface area contributed by atoms with Gasteiger partial charge in [-0.25, -0.2) is 9.67 Å². The average Bonchev–Trinajstić information content (AvgIpc) is 3.32. The van der Waals surface area contributed by atoms with Gasteiger partial charge in [0.1, 0.15) is 11.5 Å². The molecule has 1 N–H and O–H groups in total. The summed E-state index contributed by atoms with van der Waals surface area (Å²) in [4.78, 5) is 17.6. The maximum Gasteiger partial charge on any atom is 0.251 e. The highest BCUT2D eigenvalue weighted by Gasteiger charge is 2.17. The lowest BCUT2D eigenvalue weighted by molar-refractivity contribution is 0.0949. The van der Waals surface area contributed by atoms with E-state index >= 15 is 0 Å². The van der Waals surface area contributed by atoms with Crippen molar-refractivity contribution in [2.24, 2.45) is 0 Å². The third kappa shape index (κ3) is 5.94. The minimum absolute atomic E-state index is 0.0986. The molecule has 6 nitrogen and oxygen atoms in total. The molecule has 0 fully saturated rings. The Morgan fingerprint density at radius 3 is 2.30 bits per heavy atom. The van der Waals surface area contributed by atoms with E-state index in [1.165, 1.54) is 0 Å².